The van der Waals surface area contributed by atoms with Crippen molar-refractivity contribution >= 4 is 17.4 Å². The van der Waals surface area contributed by atoms with Gasteiger partial charge in [0.25, 0.3) is 5.91 Å². The summed E-state index contributed by atoms with van der Waals surface area (Å²) in [5, 5.41) is 3.25. The van der Waals surface area contributed by atoms with Gasteiger partial charge in [0.2, 0.25) is 0 Å². The third-order valence-electron chi connectivity index (χ3n) is 5.00. The quantitative estimate of drug-likeness (QED) is 0.716. The summed E-state index contributed by atoms with van der Waals surface area (Å²) in [5.41, 5.74) is 3.89. The van der Waals surface area contributed by atoms with Gasteiger partial charge in [0.1, 0.15) is 11.6 Å². The number of amides is 1. The fraction of sp³-hybridized carbons (Fsp3) is 0.217. The standard InChI is InChI=1S/C23H22FN3O/c24-20-9-7-17(8-10-20)11-13-25-22-16-19(12-14-26-22)23(28)27-15-3-5-18-4-1-2-6-21(18)27/h1-2,4,6-10,12,14,16H,3,5,11,13,15H2,(H,25,26). The predicted octanol–water partition coefficient (Wildman–Crippen LogP) is 4.47. The average molecular weight is 375 g/mol. The fourth-order valence-electron chi connectivity index (χ4n) is 3.55. The minimum atomic E-state index is -0.233. The Morgan fingerprint density at radius 2 is 1.93 bits per heavy atom. The number of aromatic nitrogens is 1. The first kappa shape index (κ1) is 18.2. The number of halogens is 1. The molecule has 5 heteroatoms. The van der Waals surface area contributed by atoms with Crippen LogP contribution in [0.25, 0.3) is 0 Å². The van der Waals surface area contributed by atoms with E-state index in [0.29, 0.717) is 17.9 Å². The van der Waals surface area contributed by atoms with Crippen LogP contribution in [0.1, 0.15) is 27.9 Å². The van der Waals surface area contributed by atoms with E-state index in [0.717, 1.165) is 37.1 Å². The zero-order valence-electron chi connectivity index (χ0n) is 15.6. The van der Waals surface area contributed by atoms with Crippen LogP contribution >= 0.6 is 0 Å². The highest BCUT2D eigenvalue weighted by Gasteiger charge is 2.23. The van der Waals surface area contributed by atoms with Gasteiger partial charge in [-0.2, -0.15) is 0 Å². The molecule has 0 atom stereocenters. The molecule has 2 heterocycles. The van der Waals surface area contributed by atoms with Gasteiger partial charge in [-0.3, -0.25) is 4.79 Å². The van der Waals surface area contributed by atoms with Crippen LogP contribution < -0.4 is 10.2 Å². The van der Waals surface area contributed by atoms with Gasteiger partial charge >= 0.3 is 0 Å². The van der Waals surface area contributed by atoms with Crippen LogP contribution in [0.4, 0.5) is 15.9 Å². The average Bonchev–Trinajstić information content (AvgIpc) is 2.74. The Labute approximate surface area is 164 Å². The summed E-state index contributed by atoms with van der Waals surface area (Å²) in [6.07, 6.45) is 4.38. The molecule has 0 saturated carbocycles. The van der Waals surface area contributed by atoms with E-state index < -0.39 is 0 Å². The second-order valence-corrected chi connectivity index (χ2v) is 6.92. The number of carbonyl (C=O) groups excluding carboxylic acids is 1. The SMILES string of the molecule is O=C(c1ccnc(NCCc2ccc(F)cc2)c1)N1CCCc2ccccc21. The molecule has 0 saturated heterocycles. The van der Waals surface area contributed by atoms with Gasteiger partial charge in [0, 0.05) is 30.5 Å². The number of carbonyl (C=O) groups is 1. The van der Waals surface area contributed by atoms with Crippen molar-refractivity contribution in [3.63, 3.8) is 0 Å². The van der Waals surface area contributed by atoms with Crippen molar-refractivity contribution < 1.29 is 9.18 Å². The molecule has 0 bridgehead atoms. The largest absolute Gasteiger partial charge is 0.370 e. The molecule has 4 nitrogen and oxygen atoms in total. The van der Waals surface area contributed by atoms with Crippen LogP contribution in [0.5, 0.6) is 0 Å². The fourth-order valence-corrected chi connectivity index (χ4v) is 3.55. The van der Waals surface area contributed by atoms with Crippen LogP contribution in [0, 0.1) is 5.82 Å². The highest BCUT2D eigenvalue weighted by atomic mass is 19.1. The molecule has 1 N–H and O–H groups in total. The number of hydrogen-bond acceptors (Lipinski definition) is 3. The zero-order valence-corrected chi connectivity index (χ0v) is 15.6. The number of pyridine rings is 1. The summed E-state index contributed by atoms with van der Waals surface area (Å²) < 4.78 is 13.0. The number of rotatable bonds is 5. The lowest BCUT2D eigenvalue weighted by atomic mass is 10.0. The van der Waals surface area contributed by atoms with Gasteiger partial charge in [0.05, 0.1) is 0 Å². The van der Waals surface area contributed by atoms with E-state index in [9.17, 15) is 9.18 Å². The van der Waals surface area contributed by atoms with Crippen molar-refractivity contribution in [2.75, 3.05) is 23.3 Å². The van der Waals surface area contributed by atoms with E-state index in [2.05, 4.69) is 16.4 Å². The van der Waals surface area contributed by atoms with Crippen molar-refractivity contribution in [1.82, 2.24) is 4.98 Å². The molecule has 1 aliphatic rings. The van der Waals surface area contributed by atoms with E-state index in [-0.39, 0.29) is 11.7 Å². The van der Waals surface area contributed by atoms with Crippen LogP contribution in [0.3, 0.4) is 0 Å². The van der Waals surface area contributed by atoms with Crippen molar-refractivity contribution in [2.24, 2.45) is 0 Å². The van der Waals surface area contributed by atoms with Crippen LogP contribution in [0.2, 0.25) is 0 Å². The molecule has 0 aliphatic carbocycles. The second kappa shape index (κ2) is 8.21. The maximum atomic E-state index is 13.1. The molecule has 0 radical (unpaired) electrons. The maximum absolute atomic E-state index is 13.1. The molecule has 28 heavy (non-hydrogen) atoms. The monoisotopic (exact) mass is 375 g/mol. The smallest absolute Gasteiger partial charge is 0.258 e. The third kappa shape index (κ3) is 4.03. The predicted molar refractivity (Wildman–Crippen MR) is 109 cm³/mol. The molecular weight excluding hydrogens is 353 g/mol. The molecule has 0 unspecified atom stereocenters. The summed E-state index contributed by atoms with van der Waals surface area (Å²) >= 11 is 0. The lowest BCUT2D eigenvalue weighted by molar-refractivity contribution is 0.0985. The van der Waals surface area contributed by atoms with Crippen molar-refractivity contribution in [3.8, 4) is 0 Å². The van der Waals surface area contributed by atoms with Gasteiger partial charge in [-0.25, -0.2) is 9.37 Å². The van der Waals surface area contributed by atoms with Crippen LogP contribution in [0.15, 0.2) is 66.9 Å². The number of para-hydroxylation sites is 1. The first-order chi connectivity index (χ1) is 13.7. The minimum Gasteiger partial charge on any atom is -0.370 e. The van der Waals surface area contributed by atoms with E-state index in [1.807, 2.05) is 23.1 Å². The number of benzene rings is 2. The van der Waals surface area contributed by atoms with E-state index in [4.69, 9.17) is 0 Å². The summed E-state index contributed by atoms with van der Waals surface area (Å²) in [4.78, 5) is 19.2. The number of anilines is 2. The molecule has 1 aliphatic heterocycles. The van der Waals surface area contributed by atoms with E-state index in [1.165, 1.54) is 17.7 Å². The zero-order chi connectivity index (χ0) is 19.3. The summed E-state index contributed by atoms with van der Waals surface area (Å²) in [6, 6.07) is 18.1. The summed E-state index contributed by atoms with van der Waals surface area (Å²) in [7, 11) is 0. The molecule has 3 aromatic rings. The van der Waals surface area contributed by atoms with E-state index in [1.54, 1.807) is 30.5 Å². The first-order valence-electron chi connectivity index (χ1n) is 9.55. The highest BCUT2D eigenvalue weighted by molar-refractivity contribution is 6.07. The molecule has 0 spiro atoms. The third-order valence-corrected chi connectivity index (χ3v) is 5.00. The van der Waals surface area contributed by atoms with Crippen LogP contribution in [-0.4, -0.2) is 24.0 Å². The van der Waals surface area contributed by atoms with Gasteiger partial charge < -0.3 is 10.2 Å². The van der Waals surface area contributed by atoms with Crippen LogP contribution in [-0.2, 0) is 12.8 Å². The summed E-state index contributed by atoms with van der Waals surface area (Å²) in [5.74, 6) is 0.429. The molecule has 1 aromatic heterocycles. The molecule has 4 rings (SSSR count). The molecule has 2 aromatic carbocycles. The van der Waals surface area contributed by atoms with Gasteiger partial charge in [-0.1, -0.05) is 30.3 Å². The normalized spacial score (nSPS) is 13.1. The lowest BCUT2D eigenvalue weighted by Crippen LogP contribution is -2.35. The number of hydrogen-bond donors (Lipinski definition) is 1. The van der Waals surface area contributed by atoms with Gasteiger partial charge in [0.15, 0.2) is 0 Å². The van der Waals surface area contributed by atoms with E-state index >= 15 is 0 Å². The topological polar surface area (TPSA) is 45.2 Å². The second-order valence-electron chi connectivity index (χ2n) is 6.92. The Kier molecular flexibility index (Phi) is 5.33. The number of aryl methyl sites for hydroxylation is 1. The van der Waals surface area contributed by atoms with Gasteiger partial charge in [-0.05, 0) is 60.7 Å². The molecule has 1 amide bonds. The molecule has 142 valence electrons. The number of fused-ring (bicyclic) bond motifs is 1. The summed E-state index contributed by atoms with van der Waals surface area (Å²) in [6.45, 7) is 1.38. The Balaban J connectivity index is 1.43. The lowest BCUT2D eigenvalue weighted by Gasteiger charge is -2.29. The molecular formula is C23H22FN3O. The van der Waals surface area contributed by atoms with Crippen molar-refractivity contribution in [1.29, 1.82) is 0 Å². The van der Waals surface area contributed by atoms with Crippen molar-refractivity contribution in [2.45, 2.75) is 19.3 Å². The Hall–Kier alpha value is -3.21. The minimum absolute atomic E-state index is 0.00358. The Morgan fingerprint density at radius 3 is 2.79 bits per heavy atom. The van der Waals surface area contributed by atoms with Crippen molar-refractivity contribution in [3.05, 3.63) is 89.4 Å². The first-order valence-corrected chi connectivity index (χ1v) is 9.55. The Bertz CT molecular complexity index is 972. The highest BCUT2D eigenvalue weighted by Crippen LogP contribution is 2.28. The Morgan fingerprint density at radius 1 is 1.11 bits per heavy atom. The van der Waals surface area contributed by atoms with Gasteiger partial charge in [-0.15, -0.1) is 0 Å². The number of nitrogens with one attached hydrogen (secondary N) is 1. The molecule has 0 fully saturated rings. The number of nitrogens with zero attached hydrogens (tertiary/aromatic N) is 2. The maximum Gasteiger partial charge on any atom is 0.258 e.